The minimum atomic E-state index is 0.916. The zero-order chi connectivity index (χ0) is 17.9. The van der Waals surface area contributed by atoms with E-state index in [1.807, 2.05) is 47.8 Å². The zero-order valence-electron chi connectivity index (χ0n) is 14.4. The van der Waals surface area contributed by atoms with Gasteiger partial charge in [-0.1, -0.05) is 55.7 Å². The number of allylic oxidation sites excluding steroid dienone is 8. The largest absolute Gasteiger partial charge is 0.324 e. The van der Waals surface area contributed by atoms with E-state index < -0.39 is 0 Å². The molecule has 1 nitrogen and oxygen atoms in total. The van der Waals surface area contributed by atoms with Crippen LogP contribution in [0.25, 0.3) is 20.2 Å². The average molecular weight is 353 g/mol. The van der Waals surface area contributed by atoms with Gasteiger partial charge in [0, 0.05) is 38.3 Å². The van der Waals surface area contributed by atoms with Crippen LogP contribution in [0.1, 0.15) is 0 Å². The molecule has 2 heteroatoms. The summed E-state index contributed by atoms with van der Waals surface area (Å²) in [4.78, 5) is 2.12. The fraction of sp³-hybridized carbons (Fsp3) is 0. The fourth-order valence-corrected chi connectivity index (χ4v) is 4.03. The molecule has 3 aromatic rings. The van der Waals surface area contributed by atoms with Crippen LogP contribution >= 0.6 is 11.3 Å². The summed E-state index contributed by atoms with van der Waals surface area (Å²) in [7, 11) is 0. The predicted octanol–water partition coefficient (Wildman–Crippen LogP) is 7.13. The second-order valence-corrected chi connectivity index (χ2v) is 7.22. The van der Waals surface area contributed by atoms with E-state index in [4.69, 9.17) is 0 Å². The smallest absolute Gasteiger partial charge is 0.0456 e. The summed E-state index contributed by atoms with van der Waals surface area (Å²) in [6.45, 7) is 8.05. The molecule has 1 aromatic heterocycles. The van der Waals surface area contributed by atoms with Crippen molar-refractivity contribution in [1.29, 1.82) is 0 Å². The number of rotatable bonds is 1. The van der Waals surface area contributed by atoms with E-state index in [-0.39, 0.29) is 0 Å². The highest BCUT2D eigenvalue weighted by atomic mass is 32.1. The van der Waals surface area contributed by atoms with Gasteiger partial charge < -0.3 is 4.90 Å². The topological polar surface area (TPSA) is 3.24 Å². The SMILES string of the molecule is C=C1/C=C\C=C/N(c2ccc3sc4ccccc4c3c2)/C=C\C=C/C1=C. The normalized spacial score (nSPS) is 20.1. The Labute approximate surface area is 157 Å². The first-order chi connectivity index (χ1) is 12.7. The Morgan fingerprint density at radius 3 is 2.08 bits per heavy atom. The summed E-state index contributed by atoms with van der Waals surface area (Å²) in [6.07, 6.45) is 16.1. The molecule has 0 amide bonds. The van der Waals surface area contributed by atoms with Crippen molar-refractivity contribution in [3.63, 3.8) is 0 Å². The third kappa shape index (κ3) is 3.19. The van der Waals surface area contributed by atoms with Crippen molar-refractivity contribution >= 4 is 37.2 Å². The van der Waals surface area contributed by atoms with Crippen molar-refractivity contribution in [3.05, 3.63) is 116 Å². The Morgan fingerprint density at radius 2 is 1.35 bits per heavy atom. The maximum Gasteiger partial charge on any atom is 0.0456 e. The molecule has 126 valence electrons. The van der Waals surface area contributed by atoms with Gasteiger partial charge in [-0.2, -0.15) is 0 Å². The summed E-state index contributed by atoms with van der Waals surface area (Å²) >= 11 is 1.84. The zero-order valence-corrected chi connectivity index (χ0v) is 15.2. The highest BCUT2D eigenvalue weighted by molar-refractivity contribution is 7.25. The van der Waals surface area contributed by atoms with Gasteiger partial charge in [-0.05, 0) is 47.6 Å². The van der Waals surface area contributed by atoms with Crippen molar-refractivity contribution < 1.29 is 0 Å². The van der Waals surface area contributed by atoms with Gasteiger partial charge in [0.15, 0.2) is 0 Å². The van der Waals surface area contributed by atoms with Crippen LogP contribution in [0.5, 0.6) is 0 Å². The molecule has 0 aliphatic carbocycles. The monoisotopic (exact) mass is 353 g/mol. The molecule has 26 heavy (non-hydrogen) atoms. The summed E-state index contributed by atoms with van der Waals surface area (Å²) in [5.41, 5.74) is 2.96. The molecule has 0 saturated carbocycles. The van der Waals surface area contributed by atoms with Crippen LogP contribution in [0.2, 0.25) is 0 Å². The first-order valence-electron chi connectivity index (χ1n) is 8.50. The van der Waals surface area contributed by atoms with E-state index in [9.17, 15) is 0 Å². The number of anilines is 1. The second kappa shape index (κ2) is 7.03. The van der Waals surface area contributed by atoms with E-state index >= 15 is 0 Å². The lowest BCUT2D eigenvalue weighted by Crippen LogP contribution is -2.06. The first kappa shape index (κ1) is 16.4. The lowest BCUT2D eigenvalue weighted by atomic mass is 10.1. The minimum Gasteiger partial charge on any atom is -0.324 e. The number of hydrogen-bond donors (Lipinski definition) is 0. The number of benzene rings is 2. The molecule has 2 heterocycles. The van der Waals surface area contributed by atoms with Crippen LogP contribution in [0.3, 0.4) is 0 Å². The Morgan fingerprint density at radius 1 is 0.692 bits per heavy atom. The third-order valence-corrected chi connectivity index (χ3v) is 5.53. The lowest BCUT2D eigenvalue weighted by Gasteiger charge is -2.15. The third-order valence-electron chi connectivity index (χ3n) is 4.38. The van der Waals surface area contributed by atoms with Crippen molar-refractivity contribution in [2.75, 3.05) is 4.90 Å². The maximum absolute atomic E-state index is 4.03. The standard InChI is InChI=1S/C24H19NS/c1-18-9-5-7-15-25(16-8-6-10-19(18)2)20-13-14-24-22(17-20)21-11-3-4-12-23(21)26-24/h3-17H,1-2H2/b9-5-,10-6-,15-7-,16-8-. The molecular formula is C24H19NS. The Hall–Kier alpha value is -3.10. The van der Waals surface area contributed by atoms with E-state index in [0.717, 1.165) is 16.8 Å². The molecule has 0 bridgehead atoms. The van der Waals surface area contributed by atoms with Gasteiger partial charge in [-0.3, -0.25) is 0 Å². The Kier molecular flexibility index (Phi) is 4.42. The lowest BCUT2D eigenvalue weighted by molar-refractivity contribution is 1.29. The molecule has 1 aliphatic heterocycles. The minimum absolute atomic E-state index is 0.916. The summed E-state index contributed by atoms with van der Waals surface area (Å²) in [5.74, 6) is 0. The molecule has 1 aliphatic rings. The summed E-state index contributed by atoms with van der Waals surface area (Å²) in [5, 5.41) is 2.61. The number of nitrogens with zero attached hydrogens (tertiary/aromatic N) is 1. The van der Waals surface area contributed by atoms with Gasteiger partial charge in [0.25, 0.3) is 0 Å². The van der Waals surface area contributed by atoms with Crippen molar-refractivity contribution in [3.8, 4) is 0 Å². The Bertz CT molecular complexity index is 1090. The highest BCUT2D eigenvalue weighted by Gasteiger charge is 2.07. The van der Waals surface area contributed by atoms with Crippen LogP contribution in [-0.4, -0.2) is 0 Å². The second-order valence-electron chi connectivity index (χ2n) is 6.14. The van der Waals surface area contributed by atoms with Crippen LogP contribution < -0.4 is 4.90 Å². The summed E-state index contributed by atoms with van der Waals surface area (Å²) < 4.78 is 2.64. The first-order valence-corrected chi connectivity index (χ1v) is 9.31. The summed E-state index contributed by atoms with van der Waals surface area (Å²) in [6, 6.07) is 15.2. The Balaban J connectivity index is 1.78. The van der Waals surface area contributed by atoms with Crippen molar-refractivity contribution in [2.45, 2.75) is 0 Å². The molecule has 0 atom stereocenters. The van der Waals surface area contributed by atoms with Gasteiger partial charge in [0.2, 0.25) is 0 Å². The van der Waals surface area contributed by atoms with Gasteiger partial charge in [0.1, 0.15) is 0 Å². The van der Waals surface area contributed by atoms with Gasteiger partial charge in [-0.25, -0.2) is 0 Å². The molecule has 2 aromatic carbocycles. The van der Waals surface area contributed by atoms with Crippen LogP contribution in [0.4, 0.5) is 5.69 Å². The number of hydrogen-bond acceptors (Lipinski definition) is 2. The van der Waals surface area contributed by atoms with Crippen LogP contribution in [0.15, 0.2) is 116 Å². The molecule has 0 saturated heterocycles. The van der Waals surface area contributed by atoms with E-state index in [1.165, 1.54) is 20.2 Å². The molecule has 0 fully saturated rings. The van der Waals surface area contributed by atoms with Gasteiger partial charge >= 0.3 is 0 Å². The number of thiophene rings is 1. The molecule has 4 rings (SSSR count). The van der Waals surface area contributed by atoms with Crippen molar-refractivity contribution in [1.82, 2.24) is 0 Å². The van der Waals surface area contributed by atoms with Crippen LogP contribution in [0, 0.1) is 0 Å². The highest BCUT2D eigenvalue weighted by Crippen LogP contribution is 2.36. The van der Waals surface area contributed by atoms with Crippen LogP contribution in [-0.2, 0) is 0 Å². The van der Waals surface area contributed by atoms with Crippen molar-refractivity contribution in [2.24, 2.45) is 0 Å². The predicted molar refractivity (Wildman–Crippen MR) is 117 cm³/mol. The quantitative estimate of drug-likeness (QED) is 0.450. The van der Waals surface area contributed by atoms with E-state index in [1.54, 1.807) is 0 Å². The molecule has 0 N–H and O–H groups in total. The molecule has 0 radical (unpaired) electrons. The van der Waals surface area contributed by atoms with Gasteiger partial charge in [-0.15, -0.1) is 11.3 Å². The van der Waals surface area contributed by atoms with E-state index in [0.29, 0.717) is 0 Å². The molecule has 0 spiro atoms. The fourth-order valence-electron chi connectivity index (χ4n) is 2.94. The molecule has 0 unspecified atom stereocenters. The molecular weight excluding hydrogens is 334 g/mol. The maximum atomic E-state index is 4.03. The average Bonchev–Trinajstić information content (AvgIpc) is 3.02. The van der Waals surface area contributed by atoms with E-state index in [2.05, 4.69) is 72.9 Å². The van der Waals surface area contributed by atoms with Gasteiger partial charge in [0.05, 0.1) is 0 Å². The number of fused-ring (bicyclic) bond motifs is 3.